The van der Waals surface area contributed by atoms with Crippen molar-refractivity contribution in [1.82, 2.24) is 24.9 Å². The SMILES string of the molecule is COc1cc(-c2c(-c3cccc(C#N)c3)nc3ccc(C(=O)NCC(C)(C)O)nn23)cc(C)n1. The van der Waals surface area contributed by atoms with Gasteiger partial charge in [0.25, 0.3) is 5.91 Å². The van der Waals surface area contributed by atoms with E-state index >= 15 is 0 Å². The quantitative estimate of drug-likeness (QED) is 0.456. The molecule has 0 unspecified atom stereocenters. The number of methoxy groups -OCH3 is 1. The highest BCUT2D eigenvalue weighted by Gasteiger charge is 2.21. The number of aryl methyl sites for hydroxylation is 1. The summed E-state index contributed by atoms with van der Waals surface area (Å²) in [5.41, 5.74) is 3.60. The summed E-state index contributed by atoms with van der Waals surface area (Å²) < 4.78 is 6.96. The predicted molar refractivity (Wildman–Crippen MR) is 126 cm³/mol. The second kappa shape index (κ2) is 8.92. The fourth-order valence-corrected chi connectivity index (χ4v) is 3.52. The average molecular weight is 457 g/mol. The highest BCUT2D eigenvalue weighted by Crippen LogP contribution is 2.34. The fraction of sp³-hybridized carbons (Fsp3) is 0.240. The Morgan fingerprint density at radius 1 is 1.18 bits per heavy atom. The number of carbonyl (C=O) groups excluding carboxylic acids is 1. The molecule has 0 aliphatic rings. The van der Waals surface area contributed by atoms with E-state index in [2.05, 4.69) is 21.5 Å². The van der Waals surface area contributed by atoms with Gasteiger partial charge in [0, 0.05) is 29.4 Å². The van der Waals surface area contributed by atoms with Crippen LogP contribution >= 0.6 is 0 Å². The van der Waals surface area contributed by atoms with Gasteiger partial charge in [0.2, 0.25) is 5.88 Å². The predicted octanol–water partition coefficient (Wildman–Crippen LogP) is 3.15. The molecule has 0 spiro atoms. The number of fused-ring (bicyclic) bond motifs is 1. The van der Waals surface area contributed by atoms with E-state index in [9.17, 15) is 15.2 Å². The smallest absolute Gasteiger partial charge is 0.271 e. The fourth-order valence-electron chi connectivity index (χ4n) is 3.52. The first kappa shape index (κ1) is 22.9. The molecule has 1 amide bonds. The Labute approximate surface area is 196 Å². The normalized spacial score (nSPS) is 11.3. The van der Waals surface area contributed by atoms with Crippen molar-refractivity contribution in [3.8, 4) is 34.5 Å². The second-order valence-corrected chi connectivity index (χ2v) is 8.52. The Morgan fingerprint density at radius 3 is 2.68 bits per heavy atom. The zero-order valence-electron chi connectivity index (χ0n) is 19.3. The first-order chi connectivity index (χ1) is 16.2. The average Bonchev–Trinajstić information content (AvgIpc) is 3.20. The lowest BCUT2D eigenvalue weighted by atomic mass is 10.0. The minimum Gasteiger partial charge on any atom is -0.481 e. The summed E-state index contributed by atoms with van der Waals surface area (Å²) in [5.74, 6) is 0.0148. The van der Waals surface area contributed by atoms with Crippen LogP contribution in [0, 0.1) is 18.3 Å². The molecule has 172 valence electrons. The number of aromatic nitrogens is 4. The third-order valence-corrected chi connectivity index (χ3v) is 5.07. The summed E-state index contributed by atoms with van der Waals surface area (Å²) >= 11 is 0. The number of carbonyl (C=O) groups is 1. The minimum absolute atomic E-state index is 0.0787. The van der Waals surface area contributed by atoms with Crippen LogP contribution in [0.25, 0.3) is 28.2 Å². The molecule has 0 saturated heterocycles. The van der Waals surface area contributed by atoms with E-state index in [1.54, 1.807) is 61.9 Å². The van der Waals surface area contributed by atoms with Gasteiger partial charge in [-0.3, -0.25) is 4.79 Å². The summed E-state index contributed by atoms with van der Waals surface area (Å²) in [6.45, 7) is 5.15. The van der Waals surface area contributed by atoms with Crippen LogP contribution in [-0.4, -0.2) is 49.9 Å². The first-order valence-electron chi connectivity index (χ1n) is 10.6. The van der Waals surface area contributed by atoms with E-state index in [4.69, 9.17) is 9.72 Å². The number of rotatable bonds is 6. The molecule has 4 aromatic rings. The van der Waals surface area contributed by atoms with Crippen molar-refractivity contribution in [2.45, 2.75) is 26.4 Å². The molecule has 9 nitrogen and oxygen atoms in total. The molecule has 4 rings (SSSR count). The van der Waals surface area contributed by atoms with Crippen LogP contribution in [-0.2, 0) is 0 Å². The summed E-state index contributed by atoms with van der Waals surface area (Å²) in [6.07, 6.45) is 0. The number of nitriles is 1. The molecule has 1 aromatic carbocycles. The summed E-state index contributed by atoms with van der Waals surface area (Å²) in [7, 11) is 1.54. The molecule has 0 atom stereocenters. The zero-order chi connectivity index (χ0) is 24.5. The molecule has 2 N–H and O–H groups in total. The maximum absolute atomic E-state index is 12.7. The first-order valence-corrected chi connectivity index (χ1v) is 10.6. The number of aliphatic hydroxyl groups is 1. The molecule has 0 aliphatic carbocycles. The molecule has 3 heterocycles. The Balaban J connectivity index is 1.93. The Bertz CT molecular complexity index is 1430. The van der Waals surface area contributed by atoms with Gasteiger partial charge in [-0.1, -0.05) is 12.1 Å². The summed E-state index contributed by atoms with van der Waals surface area (Å²) in [4.78, 5) is 21.8. The topological polar surface area (TPSA) is 125 Å². The van der Waals surface area contributed by atoms with Gasteiger partial charge in [-0.05, 0) is 51.1 Å². The van der Waals surface area contributed by atoms with Gasteiger partial charge in [-0.25, -0.2) is 14.5 Å². The van der Waals surface area contributed by atoms with Crippen molar-refractivity contribution in [1.29, 1.82) is 5.26 Å². The van der Waals surface area contributed by atoms with Gasteiger partial charge in [0.15, 0.2) is 5.65 Å². The number of hydrogen-bond donors (Lipinski definition) is 2. The number of hydrogen-bond acceptors (Lipinski definition) is 7. The Morgan fingerprint density at radius 2 is 1.97 bits per heavy atom. The third kappa shape index (κ3) is 4.72. The van der Waals surface area contributed by atoms with Crippen LogP contribution in [0.1, 0.15) is 35.6 Å². The molecule has 0 radical (unpaired) electrons. The van der Waals surface area contributed by atoms with E-state index in [1.165, 1.54) is 0 Å². The lowest BCUT2D eigenvalue weighted by Crippen LogP contribution is -2.38. The molecular formula is C25H24N6O3. The monoisotopic (exact) mass is 456 g/mol. The Kier molecular flexibility index (Phi) is 6.01. The van der Waals surface area contributed by atoms with Crippen LogP contribution in [0.2, 0.25) is 0 Å². The van der Waals surface area contributed by atoms with E-state index in [0.717, 1.165) is 16.8 Å². The van der Waals surface area contributed by atoms with Crippen molar-refractivity contribution in [3.63, 3.8) is 0 Å². The Hall–Kier alpha value is -4.29. The number of benzene rings is 1. The molecule has 9 heteroatoms. The van der Waals surface area contributed by atoms with Crippen LogP contribution in [0.4, 0.5) is 0 Å². The number of amides is 1. The van der Waals surface area contributed by atoms with Gasteiger partial charge in [0.1, 0.15) is 11.4 Å². The number of pyridine rings is 1. The molecule has 0 bridgehead atoms. The maximum Gasteiger partial charge on any atom is 0.271 e. The molecule has 0 saturated carbocycles. The molecule has 3 aromatic heterocycles. The van der Waals surface area contributed by atoms with Gasteiger partial charge < -0.3 is 15.2 Å². The lowest BCUT2D eigenvalue weighted by Gasteiger charge is -2.17. The van der Waals surface area contributed by atoms with Gasteiger partial charge >= 0.3 is 0 Å². The van der Waals surface area contributed by atoms with Crippen LogP contribution in [0.5, 0.6) is 5.88 Å². The molecule has 34 heavy (non-hydrogen) atoms. The van der Waals surface area contributed by atoms with Crippen molar-refractivity contribution in [3.05, 3.63) is 65.5 Å². The lowest BCUT2D eigenvalue weighted by molar-refractivity contribution is 0.0691. The third-order valence-electron chi connectivity index (χ3n) is 5.07. The van der Waals surface area contributed by atoms with E-state index in [0.29, 0.717) is 28.5 Å². The van der Waals surface area contributed by atoms with E-state index in [-0.39, 0.29) is 12.2 Å². The van der Waals surface area contributed by atoms with Crippen LogP contribution in [0.3, 0.4) is 0 Å². The molecule has 0 fully saturated rings. The van der Waals surface area contributed by atoms with Crippen molar-refractivity contribution < 1.29 is 14.6 Å². The van der Waals surface area contributed by atoms with Crippen molar-refractivity contribution in [2.24, 2.45) is 0 Å². The zero-order valence-corrected chi connectivity index (χ0v) is 19.3. The van der Waals surface area contributed by atoms with Gasteiger partial charge in [0.05, 0.1) is 30.0 Å². The van der Waals surface area contributed by atoms with Crippen molar-refractivity contribution >= 4 is 11.6 Å². The maximum atomic E-state index is 12.7. The summed E-state index contributed by atoms with van der Waals surface area (Å²) in [5, 5.41) is 26.6. The number of nitrogens with one attached hydrogen (secondary N) is 1. The molecular weight excluding hydrogens is 432 g/mol. The number of ether oxygens (including phenoxy) is 1. The largest absolute Gasteiger partial charge is 0.481 e. The number of imidazole rings is 1. The minimum atomic E-state index is -1.05. The highest BCUT2D eigenvalue weighted by molar-refractivity contribution is 5.92. The van der Waals surface area contributed by atoms with Crippen LogP contribution < -0.4 is 10.1 Å². The van der Waals surface area contributed by atoms with E-state index < -0.39 is 11.5 Å². The highest BCUT2D eigenvalue weighted by atomic mass is 16.5. The number of nitrogens with zero attached hydrogens (tertiary/aromatic N) is 5. The second-order valence-electron chi connectivity index (χ2n) is 8.52. The van der Waals surface area contributed by atoms with E-state index in [1.807, 2.05) is 19.1 Å². The standard InChI is InChI=1S/C25H24N6O3/c1-15-10-18(12-21(28-15)34-4)23-22(17-7-5-6-16(11-17)13-26)29-20-9-8-19(30-31(20)23)24(32)27-14-25(2,3)33/h5-12,33H,14H2,1-4H3,(H,27,32). The van der Waals surface area contributed by atoms with Crippen LogP contribution in [0.15, 0.2) is 48.5 Å². The summed E-state index contributed by atoms with van der Waals surface area (Å²) in [6, 6.07) is 16.2. The van der Waals surface area contributed by atoms with Gasteiger partial charge in [-0.2, -0.15) is 10.4 Å². The molecule has 0 aliphatic heterocycles. The van der Waals surface area contributed by atoms with Gasteiger partial charge in [-0.15, -0.1) is 0 Å². The van der Waals surface area contributed by atoms with Crippen molar-refractivity contribution in [2.75, 3.05) is 13.7 Å².